The summed E-state index contributed by atoms with van der Waals surface area (Å²) in [7, 11) is 0. The second-order valence-corrected chi connectivity index (χ2v) is 11.7. The van der Waals surface area contributed by atoms with Crippen molar-refractivity contribution < 1.29 is 9.18 Å². The lowest BCUT2D eigenvalue weighted by Crippen LogP contribution is -2.47. The van der Waals surface area contributed by atoms with Crippen LogP contribution >= 0.6 is 24.0 Å². The molecule has 38 heavy (non-hydrogen) atoms. The summed E-state index contributed by atoms with van der Waals surface area (Å²) < 4.78 is 16.4. The Morgan fingerprint density at radius 2 is 1.79 bits per heavy atom. The Labute approximate surface area is 230 Å². The number of fused-ring (bicyclic) bond motifs is 1. The number of carbonyl (C=O) groups excluding carboxylic acids is 1. The largest absolute Gasteiger partial charge is 0.366 e. The van der Waals surface area contributed by atoms with Crippen LogP contribution in [0.5, 0.6) is 0 Å². The molecule has 2 aromatic heterocycles. The average Bonchev–Trinajstić information content (AvgIpc) is 3.17. The summed E-state index contributed by atoms with van der Waals surface area (Å²) in [5, 5.41) is 0. The number of halogens is 1. The highest BCUT2D eigenvalue weighted by Crippen LogP contribution is 2.34. The zero-order chi connectivity index (χ0) is 27.0. The number of anilines is 2. The first kappa shape index (κ1) is 26.4. The molecule has 7 nitrogen and oxygen atoms in total. The minimum Gasteiger partial charge on any atom is -0.366 e. The van der Waals surface area contributed by atoms with Crippen molar-refractivity contribution in [3.8, 4) is 0 Å². The highest BCUT2D eigenvalue weighted by Gasteiger charge is 2.33. The van der Waals surface area contributed by atoms with E-state index in [-0.39, 0.29) is 17.3 Å². The zero-order valence-electron chi connectivity index (χ0n) is 21.7. The number of amides is 1. The Morgan fingerprint density at radius 1 is 1.08 bits per heavy atom. The molecule has 0 spiro atoms. The molecule has 2 saturated heterocycles. The number of para-hydroxylation sites is 1. The van der Waals surface area contributed by atoms with Crippen LogP contribution in [0.15, 0.2) is 52.3 Å². The third-order valence-electron chi connectivity index (χ3n) is 6.92. The van der Waals surface area contributed by atoms with Crippen LogP contribution in [0, 0.1) is 18.7 Å². The van der Waals surface area contributed by atoms with Crippen molar-refractivity contribution in [3.05, 3.63) is 74.8 Å². The van der Waals surface area contributed by atoms with E-state index in [0.29, 0.717) is 70.6 Å². The molecule has 1 amide bonds. The highest BCUT2D eigenvalue weighted by atomic mass is 32.2. The summed E-state index contributed by atoms with van der Waals surface area (Å²) in [6.07, 6.45) is 4.19. The van der Waals surface area contributed by atoms with Crippen LogP contribution in [0.2, 0.25) is 0 Å². The van der Waals surface area contributed by atoms with Gasteiger partial charge in [-0.25, -0.2) is 9.37 Å². The van der Waals surface area contributed by atoms with Gasteiger partial charge in [0.1, 0.15) is 21.6 Å². The molecular formula is C28H30FN5O2S2. The number of rotatable bonds is 6. The Bertz CT molecular complexity index is 1490. The minimum absolute atomic E-state index is 0.176. The van der Waals surface area contributed by atoms with Crippen LogP contribution in [0.3, 0.4) is 0 Å². The fourth-order valence-electron chi connectivity index (χ4n) is 4.75. The molecule has 2 aliphatic heterocycles. The van der Waals surface area contributed by atoms with Gasteiger partial charge < -0.3 is 9.80 Å². The minimum atomic E-state index is -0.251. The zero-order valence-corrected chi connectivity index (χ0v) is 23.3. The molecule has 0 aliphatic carbocycles. The third-order valence-corrected chi connectivity index (χ3v) is 8.29. The quantitative estimate of drug-likeness (QED) is 0.325. The van der Waals surface area contributed by atoms with E-state index >= 15 is 0 Å². The molecular weight excluding hydrogens is 521 g/mol. The maximum absolute atomic E-state index is 14.4. The van der Waals surface area contributed by atoms with E-state index in [9.17, 15) is 14.0 Å². The van der Waals surface area contributed by atoms with Crippen molar-refractivity contribution >= 4 is 57.4 Å². The van der Waals surface area contributed by atoms with E-state index in [1.807, 2.05) is 30.0 Å². The molecule has 0 N–H and O–H groups in total. The predicted molar refractivity (Wildman–Crippen MR) is 156 cm³/mol. The number of nitrogens with zero attached hydrogens (tertiary/aromatic N) is 5. The van der Waals surface area contributed by atoms with Gasteiger partial charge in [-0.2, -0.15) is 0 Å². The first-order valence-corrected chi connectivity index (χ1v) is 14.0. The Hall–Kier alpha value is -3.24. The normalized spacial score (nSPS) is 17.5. The molecule has 1 aromatic carbocycles. The van der Waals surface area contributed by atoms with Gasteiger partial charge in [0.05, 0.1) is 16.2 Å². The average molecular weight is 552 g/mol. The van der Waals surface area contributed by atoms with Crippen molar-refractivity contribution in [3.63, 3.8) is 0 Å². The van der Waals surface area contributed by atoms with E-state index in [4.69, 9.17) is 17.2 Å². The maximum Gasteiger partial charge on any atom is 0.267 e. The van der Waals surface area contributed by atoms with E-state index in [0.717, 1.165) is 12.0 Å². The lowest BCUT2D eigenvalue weighted by molar-refractivity contribution is -0.122. The van der Waals surface area contributed by atoms with Crippen LogP contribution in [0.4, 0.5) is 15.9 Å². The van der Waals surface area contributed by atoms with Crippen LogP contribution in [0.25, 0.3) is 11.7 Å². The summed E-state index contributed by atoms with van der Waals surface area (Å²) in [6.45, 7) is 8.95. The molecule has 0 bridgehead atoms. The summed E-state index contributed by atoms with van der Waals surface area (Å²) in [5.41, 5.74) is 2.14. The van der Waals surface area contributed by atoms with Gasteiger partial charge in [0.25, 0.3) is 11.5 Å². The van der Waals surface area contributed by atoms with Gasteiger partial charge in [-0.05, 0) is 49.1 Å². The van der Waals surface area contributed by atoms with Crippen LogP contribution in [0.1, 0.15) is 31.4 Å². The topological polar surface area (TPSA) is 61.2 Å². The highest BCUT2D eigenvalue weighted by molar-refractivity contribution is 8.26. The summed E-state index contributed by atoms with van der Waals surface area (Å²) in [4.78, 5) is 38.0. The molecule has 2 fully saturated rings. The number of pyridine rings is 1. The molecule has 0 saturated carbocycles. The van der Waals surface area contributed by atoms with Gasteiger partial charge in [0.15, 0.2) is 0 Å². The number of hydrogen-bond donors (Lipinski definition) is 0. The predicted octanol–water partition coefficient (Wildman–Crippen LogP) is 4.72. The van der Waals surface area contributed by atoms with Gasteiger partial charge in [0, 0.05) is 38.9 Å². The summed E-state index contributed by atoms with van der Waals surface area (Å²) >= 11 is 6.72. The number of thiocarbonyl (C=S) groups is 1. The van der Waals surface area contributed by atoms with Crippen LogP contribution in [-0.2, 0) is 4.79 Å². The Morgan fingerprint density at radius 3 is 2.50 bits per heavy atom. The molecule has 10 heteroatoms. The number of carbonyl (C=O) groups is 1. The monoisotopic (exact) mass is 551 g/mol. The van der Waals surface area contributed by atoms with Crippen molar-refractivity contribution in [1.29, 1.82) is 0 Å². The lowest BCUT2D eigenvalue weighted by Gasteiger charge is -2.37. The molecule has 3 aromatic rings. The first-order chi connectivity index (χ1) is 18.2. The number of aromatic nitrogens is 2. The standard InChI is InChI=1S/C28H30FN5O2S2/c1-18(2)10-12-34-27(36)23(38-28(34)37)17-20-25(30-24-19(3)7-6-11-33(24)26(20)35)32-15-13-31(14-16-32)22-9-5-4-8-21(22)29/h4-9,11,17-18H,10,12-16H2,1-3H3/b23-17-. The Balaban J connectivity index is 1.52. The van der Waals surface area contributed by atoms with Gasteiger partial charge in [-0.3, -0.25) is 18.9 Å². The van der Waals surface area contributed by atoms with E-state index in [1.165, 1.54) is 22.2 Å². The molecule has 5 rings (SSSR count). The summed E-state index contributed by atoms with van der Waals surface area (Å²) in [6, 6.07) is 10.5. The van der Waals surface area contributed by atoms with E-state index in [1.54, 1.807) is 29.3 Å². The second-order valence-electron chi connectivity index (χ2n) is 9.98. The lowest BCUT2D eigenvalue weighted by atomic mass is 10.1. The molecule has 0 atom stereocenters. The first-order valence-electron chi connectivity index (χ1n) is 12.8. The Kier molecular flexibility index (Phi) is 7.54. The van der Waals surface area contributed by atoms with Crippen molar-refractivity contribution in [2.45, 2.75) is 27.2 Å². The van der Waals surface area contributed by atoms with Crippen molar-refractivity contribution in [2.24, 2.45) is 5.92 Å². The van der Waals surface area contributed by atoms with Gasteiger partial charge in [-0.1, -0.05) is 56.0 Å². The fraction of sp³-hybridized carbons (Fsp3) is 0.357. The number of aryl methyl sites for hydroxylation is 1. The molecule has 2 aliphatic rings. The van der Waals surface area contributed by atoms with E-state index < -0.39 is 0 Å². The van der Waals surface area contributed by atoms with Gasteiger partial charge in [0.2, 0.25) is 0 Å². The van der Waals surface area contributed by atoms with Gasteiger partial charge in [-0.15, -0.1) is 0 Å². The van der Waals surface area contributed by atoms with Crippen LogP contribution < -0.4 is 15.4 Å². The summed E-state index contributed by atoms with van der Waals surface area (Å²) in [5.74, 6) is 0.546. The molecule has 0 radical (unpaired) electrons. The van der Waals surface area contributed by atoms with Crippen molar-refractivity contribution in [2.75, 3.05) is 42.5 Å². The molecule has 198 valence electrons. The fourth-order valence-corrected chi connectivity index (χ4v) is 6.04. The number of thioether (sulfide) groups is 1. The van der Waals surface area contributed by atoms with E-state index in [2.05, 4.69) is 18.7 Å². The molecule has 4 heterocycles. The maximum atomic E-state index is 14.4. The number of piperazine rings is 1. The molecule has 0 unspecified atom stereocenters. The van der Waals surface area contributed by atoms with Crippen molar-refractivity contribution in [1.82, 2.24) is 14.3 Å². The number of benzene rings is 1. The number of hydrogen-bond acceptors (Lipinski definition) is 7. The second kappa shape index (κ2) is 10.9. The SMILES string of the molecule is Cc1cccn2c(=O)c(/C=C3\SC(=S)N(CCC(C)C)C3=O)c(N3CCN(c4ccccc4F)CC3)nc12. The smallest absolute Gasteiger partial charge is 0.267 e. The van der Waals surface area contributed by atoms with Gasteiger partial charge >= 0.3 is 0 Å². The van der Waals surface area contributed by atoms with Crippen LogP contribution in [-0.4, -0.2) is 57.2 Å². The third kappa shape index (κ3) is 5.07.